The van der Waals surface area contributed by atoms with E-state index >= 15 is 0 Å². The molecule has 0 radical (unpaired) electrons. The van der Waals surface area contributed by atoms with E-state index in [1.54, 1.807) is 6.92 Å². The lowest BCUT2D eigenvalue weighted by Crippen LogP contribution is -2.56. The van der Waals surface area contributed by atoms with Crippen LogP contribution in [-0.2, 0) is 13.7 Å². The van der Waals surface area contributed by atoms with E-state index in [0.29, 0.717) is 0 Å². The third-order valence-corrected chi connectivity index (χ3v) is 6.11. The average Bonchev–Trinajstić information content (AvgIpc) is 2.38. The lowest BCUT2D eigenvalue weighted by atomic mass is 10.2. The predicted octanol–water partition coefficient (Wildman–Crippen LogP) is 4.40. The summed E-state index contributed by atoms with van der Waals surface area (Å²) in [5.74, 6) is -6.90. The molecule has 4 nitrogen and oxygen atoms in total. The maximum Gasteiger partial charge on any atom is 0.461 e. The molecule has 0 atom stereocenters. The van der Waals surface area contributed by atoms with Gasteiger partial charge >= 0.3 is 27.5 Å². The fourth-order valence-corrected chi connectivity index (χ4v) is 4.60. The lowest BCUT2D eigenvalue weighted by molar-refractivity contribution is -0.333. The van der Waals surface area contributed by atoms with E-state index in [-0.39, 0.29) is 5.75 Å². The zero-order valence-corrected chi connectivity index (χ0v) is 14.5. The summed E-state index contributed by atoms with van der Waals surface area (Å²) >= 11 is 0. The Bertz CT molecular complexity index is 712. The second-order valence-corrected chi connectivity index (χ2v) is 9.57. The Labute approximate surface area is 140 Å². The van der Waals surface area contributed by atoms with E-state index in [4.69, 9.17) is 4.18 Å². The number of alkyl halides is 7. The van der Waals surface area contributed by atoms with E-state index in [1.165, 1.54) is 24.3 Å². The quantitative estimate of drug-likeness (QED) is 0.643. The molecular weight excluding hydrogens is 405 g/mol. The number of aryl methyl sites for hydroxylation is 1. The number of halogens is 7. The largest absolute Gasteiger partial charge is 0.461 e. The minimum absolute atomic E-state index is 0.0494. The fraction of sp³-hybridized carbons (Fsp3) is 0.500. The molecule has 0 aliphatic carbocycles. The Morgan fingerprint density at radius 3 is 1.72 bits per heavy atom. The number of hydrogen-bond donors (Lipinski definition) is 0. The second-order valence-electron chi connectivity index (χ2n) is 5.15. The van der Waals surface area contributed by atoms with Crippen molar-refractivity contribution in [2.75, 3.05) is 12.5 Å². The van der Waals surface area contributed by atoms with Crippen molar-refractivity contribution in [1.29, 1.82) is 0 Å². The number of rotatable bonds is 6. The van der Waals surface area contributed by atoms with E-state index in [1.807, 2.05) is 0 Å². The highest BCUT2D eigenvalue weighted by molar-refractivity contribution is 8.28. The van der Waals surface area contributed by atoms with Crippen molar-refractivity contribution in [3.8, 4) is 5.75 Å². The highest BCUT2D eigenvalue weighted by Crippen LogP contribution is 2.54. The molecule has 0 unspecified atom stereocenters. The van der Waals surface area contributed by atoms with Gasteiger partial charge in [-0.3, -0.25) is 0 Å². The van der Waals surface area contributed by atoms with Crippen LogP contribution >= 0.6 is 10.6 Å². The molecule has 0 aliphatic heterocycles. The topological polar surface area (TPSA) is 52.6 Å². The first-order chi connectivity index (χ1) is 10.9. The second kappa shape index (κ2) is 6.50. The standard InChI is InChI=1S/C12H13F7O4S2/c1-8-4-6-9(7-5-8)22-24(2,3)23-25(20,21)12(18,19)10(13,14)11(15,16)17/h4-7H,1-3H3. The third-order valence-electron chi connectivity index (χ3n) is 2.61. The number of hydrogen-bond acceptors (Lipinski definition) is 4. The van der Waals surface area contributed by atoms with E-state index in [2.05, 4.69) is 3.63 Å². The van der Waals surface area contributed by atoms with Gasteiger partial charge in [-0.1, -0.05) is 17.7 Å². The third kappa shape index (κ3) is 4.50. The minimum atomic E-state index is -6.85. The van der Waals surface area contributed by atoms with Gasteiger partial charge in [-0.15, -0.1) is 14.2 Å². The van der Waals surface area contributed by atoms with Gasteiger partial charge in [0.25, 0.3) is 0 Å². The van der Waals surface area contributed by atoms with Crippen molar-refractivity contribution < 1.29 is 47.0 Å². The molecule has 0 saturated carbocycles. The molecule has 146 valence electrons. The molecule has 0 fully saturated rings. The smallest absolute Gasteiger partial charge is 0.391 e. The van der Waals surface area contributed by atoms with Crippen LogP contribution in [0.2, 0.25) is 0 Å². The van der Waals surface area contributed by atoms with Crippen molar-refractivity contribution >= 4 is 20.7 Å². The maximum absolute atomic E-state index is 13.4. The molecule has 1 aromatic rings. The van der Waals surface area contributed by atoms with Crippen molar-refractivity contribution in [2.24, 2.45) is 0 Å². The number of benzene rings is 1. The van der Waals surface area contributed by atoms with Gasteiger partial charge in [0.2, 0.25) is 0 Å². The summed E-state index contributed by atoms with van der Waals surface area (Å²) in [4.78, 5) is 0. The van der Waals surface area contributed by atoms with Gasteiger partial charge in [0.05, 0.1) is 0 Å². The summed E-state index contributed by atoms with van der Waals surface area (Å²) in [6, 6.07) is 5.63. The molecule has 0 N–H and O–H groups in total. The van der Waals surface area contributed by atoms with Crippen LogP contribution in [0.25, 0.3) is 0 Å². The van der Waals surface area contributed by atoms with Gasteiger partial charge in [-0.25, -0.2) is 0 Å². The fourth-order valence-electron chi connectivity index (χ4n) is 1.42. The molecule has 0 aliphatic rings. The van der Waals surface area contributed by atoms with Crippen LogP contribution < -0.4 is 4.18 Å². The van der Waals surface area contributed by atoms with Gasteiger partial charge in [-0.05, 0) is 19.1 Å². The Morgan fingerprint density at radius 2 is 1.32 bits per heavy atom. The van der Waals surface area contributed by atoms with E-state index in [9.17, 15) is 39.2 Å². The van der Waals surface area contributed by atoms with Gasteiger partial charge in [-0.2, -0.15) is 39.2 Å². The average molecular weight is 418 g/mol. The maximum atomic E-state index is 13.4. The summed E-state index contributed by atoms with van der Waals surface area (Å²) in [7, 11) is -10.1. The van der Waals surface area contributed by atoms with Gasteiger partial charge < -0.3 is 4.18 Å². The Kier molecular flexibility index (Phi) is 5.68. The Balaban J connectivity index is 3.11. The van der Waals surface area contributed by atoms with E-state index in [0.717, 1.165) is 18.1 Å². The van der Waals surface area contributed by atoms with Crippen molar-refractivity contribution in [1.82, 2.24) is 0 Å². The normalized spacial score (nSPS) is 15.1. The summed E-state index contributed by atoms with van der Waals surface area (Å²) in [6.45, 7) is 1.70. The summed E-state index contributed by atoms with van der Waals surface area (Å²) in [5, 5.41) is -6.54. The van der Waals surface area contributed by atoms with E-state index < -0.39 is 38.1 Å². The summed E-state index contributed by atoms with van der Waals surface area (Å²) in [5.41, 5.74) is 0.769. The highest BCUT2D eigenvalue weighted by Gasteiger charge is 2.79. The zero-order valence-electron chi connectivity index (χ0n) is 12.9. The van der Waals surface area contributed by atoms with Crippen LogP contribution in [-0.4, -0.2) is 38.3 Å². The van der Waals surface area contributed by atoms with Gasteiger partial charge in [0.1, 0.15) is 0 Å². The lowest BCUT2D eigenvalue weighted by Gasteiger charge is -2.36. The van der Waals surface area contributed by atoms with Crippen LogP contribution in [0, 0.1) is 6.92 Å². The molecule has 0 amide bonds. The minimum Gasteiger partial charge on any atom is -0.391 e. The van der Waals surface area contributed by atoms with Crippen LogP contribution in [0.4, 0.5) is 30.7 Å². The molecule has 13 heteroatoms. The molecule has 0 saturated heterocycles. The molecule has 0 heterocycles. The van der Waals surface area contributed by atoms with Crippen molar-refractivity contribution in [3.63, 3.8) is 0 Å². The van der Waals surface area contributed by atoms with Crippen molar-refractivity contribution in [3.05, 3.63) is 29.8 Å². The monoisotopic (exact) mass is 418 g/mol. The zero-order chi connectivity index (χ0) is 19.9. The molecular formula is C12H13F7O4S2. The molecule has 25 heavy (non-hydrogen) atoms. The SMILES string of the molecule is Cc1ccc(OS(C)(C)OS(=O)(=O)C(F)(F)C(F)(F)C(F)(F)F)cc1. The first-order valence-electron chi connectivity index (χ1n) is 6.20. The van der Waals surface area contributed by atoms with Crippen molar-refractivity contribution in [2.45, 2.75) is 24.3 Å². The van der Waals surface area contributed by atoms with Crippen LogP contribution in [0.1, 0.15) is 5.56 Å². The predicted molar refractivity (Wildman–Crippen MR) is 77.2 cm³/mol. The summed E-state index contributed by atoms with van der Waals surface area (Å²) in [6.07, 6.45) is -5.12. The van der Waals surface area contributed by atoms with Gasteiger partial charge in [0.15, 0.2) is 5.75 Å². The Hall–Kier alpha value is -1.21. The first-order valence-corrected chi connectivity index (χ1v) is 9.91. The molecule has 0 bridgehead atoms. The summed E-state index contributed by atoms with van der Waals surface area (Å²) < 4.78 is 121. The Morgan fingerprint density at radius 1 is 0.880 bits per heavy atom. The molecule has 0 aromatic heterocycles. The molecule has 1 aromatic carbocycles. The molecule has 0 spiro atoms. The van der Waals surface area contributed by atoms with Gasteiger partial charge in [0, 0.05) is 12.5 Å². The van der Waals surface area contributed by atoms with Crippen LogP contribution in [0.15, 0.2) is 24.3 Å². The van der Waals surface area contributed by atoms with Crippen LogP contribution in [0.3, 0.4) is 0 Å². The van der Waals surface area contributed by atoms with Crippen LogP contribution in [0.5, 0.6) is 5.75 Å². The molecule has 1 rings (SSSR count). The highest BCUT2D eigenvalue weighted by atomic mass is 32.3. The first kappa shape index (κ1) is 21.8.